The fourth-order valence-corrected chi connectivity index (χ4v) is 2.99. The van der Waals surface area contributed by atoms with Gasteiger partial charge in [-0.1, -0.05) is 41.1 Å². The van der Waals surface area contributed by atoms with Crippen molar-refractivity contribution < 1.29 is 4.79 Å². The normalized spacial score (nSPS) is 15.9. The molecule has 0 heterocycles. The van der Waals surface area contributed by atoms with E-state index in [2.05, 4.69) is 34.1 Å². The summed E-state index contributed by atoms with van der Waals surface area (Å²) < 4.78 is 0. The SMILES string of the molecule is CCC(=O)C(Br)Cc1ccc2c(c1)CCC2. The molecule has 0 aliphatic heterocycles. The van der Waals surface area contributed by atoms with E-state index in [9.17, 15) is 4.79 Å². The highest BCUT2D eigenvalue weighted by Crippen LogP contribution is 2.24. The molecule has 1 aliphatic rings. The number of hydrogen-bond acceptors (Lipinski definition) is 1. The Morgan fingerprint density at radius 1 is 1.38 bits per heavy atom. The van der Waals surface area contributed by atoms with E-state index in [1.54, 1.807) is 0 Å². The van der Waals surface area contributed by atoms with Crippen molar-refractivity contribution in [2.75, 3.05) is 0 Å². The van der Waals surface area contributed by atoms with Gasteiger partial charge in [-0.15, -0.1) is 0 Å². The molecule has 1 atom stereocenters. The van der Waals surface area contributed by atoms with Gasteiger partial charge in [-0.05, 0) is 42.4 Å². The average Bonchev–Trinajstić information content (AvgIpc) is 2.75. The number of alkyl halides is 1. The first-order valence-electron chi connectivity index (χ1n) is 5.98. The second-order valence-corrected chi connectivity index (χ2v) is 5.55. The monoisotopic (exact) mass is 280 g/mol. The predicted molar refractivity (Wildman–Crippen MR) is 70.2 cm³/mol. The van der Waals surface area contributed by atoms with Gasteiger partial charge in [0.1, 0.15) is 5.78 Å². The van der Waals surface area contributed by atoms with Crippen LogP contribution in [0.25, 0.3) is 0 Å². The van der Waals surface area contributed by atoms with Crippen LogP contribution in [0.15, 0.2) is 18.2 Å². The Morgan fingerprint density at radius 2 is 2.12 bits per heavy atom. The topological polar surface area (TPSA) is 17.1 Å². The summed E-state index contributed by atoms with van der Waals surface area (Å²) in [7, 11) is 0. The van der Waals surface area contributed by atoms with Crippen LogP contribution in [0.1, 0.15) is 36.5 Å². The van der Waals surface area contributed by atoms with E-state index in [0.29, 0.717) is 12.2 Å². The van der Waals surface area contributed by atoms with Gasteiger partial charge in [-0.2, -0.15) is 0 Å². The van der Waals surface area contributed by atoms with Crippen LogP contribution < -0.4 is 0 Å². The Hall–Kier alpha value is -0.630. The summed E-state index contributed by atoms with van der Waals surface area (Å²) in [6.45, 7) is 1.92. The lowest BCUT2D eigenvalue weighted by Gasteiger charge is -2.09. The second kappa shape index (κ2) is 5.13. The van der Waals surface area contributed by atoms with E-state index in [4.69, 9.17) is 0 Å². The third-order valence-corrected chi connectivity index (χ3v) is 4.11. The maximum Gasteiger partial charge on any atom is 0.146 e. The molecule has 0 aromatic heterocycles. The third-order valence-electron chi connectivity index (χ3n) is 3.28. The van der Waals surface area contributed by atoms with E-state index in [1.165, 1.54) is 36.0 Å². The molecular formula is C14H17BrO. The number of Topliss-reactive ketones (excluding diaryl/α,β-unsaturated/α-hetero) is 1. The van der Waals surface area contributed by atoms with Crippen molar-refractivity contribution in [1.29, 1.82) is 0 Å². The van der Waals surface area contributed by atoms with E-state index < -0.39 is 0 Å². The Morgan fingerprint density at radius 3 is 2.88 bits per heavy atom. The third kappa shape index (κ3) is 2.54. The van der Waals surface area contributed by atoms with Crippen LogP contribution in [0.4, 0.5) is 0 Å². The van der Waals surface area contributed by atoms with Crippen molar-refractivity contribution in [2.24, 2.45) is 0 Å². The number of aryl methyl sites for hydroxylation is 2. The zero-order valence-corrected chi connectivity index (χ0v) is 11.2. The number of halogens is 1. The number of carbonyl (C=O) groups excluding carboxylic acids is 1. The van der Waals surface area contributed by atoms with Gasteiger partial charge in [0.15, 0.2) is 0 Å². The van der Waals surface area contributed by atoms with Crippen molar-refractivity contribution >= 4 is 21.7 Å². The Kier molecular flexibility index (Phi) is 3.80. The number of carbonyl (C=O) groups is 1. The summed E-state index contributed by atoms with van der Waals surface area (Å²) >= 11 is 3.47. The maximum absolute atomic E-state index is 11.5. The molecular weight excluding hydrogens is 264 g/mol. The average molecular weight is 281 g/mol. The first-order chi connectivity index (χ1) is 7.70. The minimum Gasteiger partial charge on any atom is -0.298 e. The molecule has 1 nitrogen and oxygen atoms in total. The predicted octanol–water partition coefficient (Wildman–Crippen LogP) is 3.46. The van der Waals surface area contributed by atoms with E-state index in [-0.39, 0.29) is 4.83 Å². The quantitative estimate of drug-likeness (QED) is 0.772. The highest BCUT2D eigenvalue weighted by Gasteiger charge is 2.15. The van der Waals surface area contributed by atoms with Gasteiger partial charge in [-0.3, -0.25) is 4.79 Å². The van der Waals surface area contributed by atoms with E-state index in [1.807, 2.05) is 6.92 Å². The molecule has 1 unspecified atom stereocenters. The lowest BCUT2D eigenvalue weighted by molar-refractivity contribution is -0.118. The van der Waals surface area contributed by atoms with Crippen LogP contribution >= 0.6 is 15.9 Å². The molecule has 0 amide bonds. The second-order valence-electron chi connectivity index (χ2n) is 4.45. The molecule has 0 fully saturated rings. The number of ketones is 1. The first-order valence-corrected chi connectivity index (χ1v) is 6.89. The fraction of sp³-hybridized carbons (Fsp3) is 0.500. The van der Waals surface area contributed by atoms with Crippen LogP contribution in [0.3, 0.4) is 0 Å². The Bertz CT molecular complexity index is 398. The number of rotatable bonds is 4. The Balaban J connectivity index is 2.08. The summed E-state index contributed by atoms with van der Waals surface area (Å²) in [5.74, 6) is 0.292. The standard InChI is InChI=1S/C14H17BrO/c1-2-14(16)13(15)9-10-6-7-11-4-3-5-12(11)8-10/h6-8,13H,2-5,9H2,1H3. The minimum absolute atomic E-state index is 0.0167. The molecule has 0 bridgehead atoms. The highest BCUT2D eigenvalue weighted by atomic mass is 79.9. The van der Waals surface area contributed by atoms with Gasteiger partial charge in [0, 0.05) is 6.42 Å². The molecule has 0 N–H and O–H groups in total. The number of fused-ring (bicyclic) bond motifs is 1. The van der Waals surface area contributed by atoms with Crippen LogP contribution in [0.5, 0.6) is 0 Å². The van der Waals surface area contributed by atoms with Gasteiger partial charge in [-0.25, -0.2) is 0 Å². The molecule has 0 spiro atoms. The molecule has 1 aliphatic carbocycles. The summed E-state index contributed by atoms with van der Waals surface area (Å²) in [5, 5.41) is 0. The summed E-state index contributed by atoms with van der Waals surface area (Å²) in [4.78, 5) is 11.5. The van der Waals surface area contributed by atoms with Crippen molar-refractivity contribution in [3.63, 3.8) is 0 Å². The smallest absolute Gasteiger partial charge is 0.146 e. The molecule has 2 rings (SSSR count). The van der Waals surface area contributed by atoms with Gasteiger partial charge < -0.3 is 0 Å². The fourth-order valence-electron chi connectivity index (χ4n) is 2.29. The van der Waals surface area contributed by atoms with Crippen molar-refractivity contribution in [3.8, 4) is 0 Å². The van der Waals surface area contributed by atoms with Crippen LogP contribution in [-0.4, -0.2) is 10.6 Å². The van der Waals surface area contributed by atoms with Crippen LogP contribution in [-0.2, 0) is 24.1 Å². The molecule has 0 radical (unpaired) electrons. The van der Waals surface area contributed by atoms with Gasteiger partial charge in [0.05, 0.1) is 4.83 Å². The molecule has 1 aromatic rings. The molecule has 0 saturated carbocycles. The molecule has 2 heteroatoms. The van der Waals surface area contributed by atoms with Crippen molar-refractivity contribution in [1.82, 2.24) is 0 Å². The highest BCUT2D eigenvalue weighted by molar-refractivity contribution is 9.10. The van der Waals surface area contributed by atoms with Gasteiger partial charge in [0.2, 0.25) is 0 Å². The van der Waals surface area contributed by atoms with E-state index >= 15 is 0 Å². The van der Waals surface area contributed by atoms with Gasteiger partial charge in [0.25, 0.3) is 0 Å². The molecule has 1 aromatic carbocycles. The largest absolute Gasteiger partial charge is 0.298 e. The lowest BCUT2D eigenvalue weighted by Crippen LogP contribution is -2.15. The molecule has 16 heavy (non-hydrogen) atoms. The number of hydrogen-bond donors (Lipinski definition) is 0. The zero-order chi connectivity index (χ0) is 11.5. The van der Waals surface area contributed by atoms with Crippen LogP contribution in [0.2, 0.25) is 0 Å². The van der Waals surface area contributed by atoms with Crippen molar-refractivity contribution in [3.05, 3.63) is 34.9 Å². The van der Waals surface area contributed by atoms with Crippen molar-refractivity contribution in [2.45, 2.75) is 43.9 Å². The maximum atomic E-state index is 11.5. The summed E-state index contributed by atoms with van der Waals surface area (Å²) in [6, 6.07) is 6.68. The van der Waals surface area contributed by atoms with E-state index in [0.717, 1.165) is 6.42 Å². The number of benzene rings is 1. The summed E-state index contributed by atoms with van der Waals surface area (Å²) in [5.41, 5.74) is 4.27. The Labute approximate surface area is 105 Å². The van der Waals surface area contributed by atoms with Gasteiger partial charge >= 0.3 is 0 Å². The molecule has 0 saturated heterocycles. The first kappa shape index (κ1) is 11.8. The minimum atomic E-state index is -0.0167. The lowest BCUT2D eigenvalue weighted by atomic mass is 10.0. The zero-order valence-electron chi connectivity index (χ0n) is 9.63. The van der Waals surface area contributed by atoms with Crippen LogP contribution in [0, 0.1) is 0 Å². The molecule has 86 valence electrons. The summed E-state index contributed by atoms with van der Waals surface area (Å²) in [6.07, 6.45) is 5.14.